The SMILES string of the molecule is CC(=O)Nc1ccc(CCS(=O)(=O)N2CCC3(CC2)N=C(C2CCC(/C=C/CF)CC2)NC3=O)c(C)c1. The fraction of sp³-hybridized carbons (Fsp3) is 0.593. The molecule has 4 rings (SSSR count). The molecule has 1 aromatic rings. The van der Waals surface area contributed by atoms with Crippen LogP contribution in [0.2, 0.25) is 0 Å². The number of amidine groups is 1. The molecule has 1 aliphatic carbocycles. The Hall–Kier alpha value is -2.59. The number of anilines is 1. The lowest BCUT2D eigenvalue weighted by molar-refractivity contribution is -0.125. The quantitative estimate of drug-likeness (QED) is 0.500. The molecule has 1 saturated heterocycles. The van der Waals surface area contributed by atoms with Gasteiger partial charge in [-0.05, 0) is 81.0 Å². The van der Waals surface area contributed by atoms with Gasteiger partial charge >= 0.3 is 0 Å². The number of piperidine rings is 1. The number of carbonyl (C=O) groups excluding carboxylic acids is 2. The highest BCUT2D eigenvalue weighted by atomic mass is 32.2. The summed E-state index contributed by atoms with van der Waals surface area (Å²) in [6, 6.07) is 5.48. The summed E-state index contributed by atoms with van der Waals surface area (Å²) < 4.78 is 40.1. The molecule has 2 N–H and O–H groups in total. The first-order chi connectivity index (χ1) is 17.6. The Morgan fingerprint density at radius 3 is 2.57 bits per heavy atom. The van der Waals surface area contributed by atoms with Crippen LogP contribution in [0.3, 0.4) is 0 Å². The largest absolute Gasteiger partial charge is 0.326 e. The van der Waals surface area contributed by atoms with Gasteiger partial charge in [0.1, 0.15) is 18.0 Å². The molecule has 1 aromatic carbocycles. The zero-order chi connectivity index (χ0) is 26.6. The fourth-order valence-corrected chi connectivity index (χ4v) is 7.14. The average Bonchev–Trinajstić information content (AvgIpc) is 3.17. The Kier molecular flexibility index (Phi) is 8.48. The predicted molar refractivity (Wildman–Crippen MR) is 143 cm³/mol. The summed E-state index contributed by atoms with van der Waals surface area (Å²) in [4.78, 5) is 29.0. The first-order valence-corrected chi connectivity index (χ1v) is 14.7. The van der Waals surface area contributed by atoms with Crippen molar-refractivity contribution in [2.24, 2.45) is 16.8 Å². The normalized spacial score (nSPS) is 24.3. The summed E-state index contributed by atoms with van der Waals surface area (Å²) >= 11 is 0. The van der Waals surface area contributed by atoms with E-state index in [1.807, 2.05) is 25.1 Å². The summed E-state index contributed by atoms with van der Waals surface area (Å²) in [6.07, 6.45) is 8.36. The number of rotatable bonds is 8. The lowest BCUT2D eigenvalue weighted by Gasteiger charge is -2.34. The first-order valence-electron chi connectivity index (χ1n) is 13.1. The number of alkyl halides is 1. The van der Waals surface area contributed by atoms with Crippen LogP contribution in [0.25, 0.3) is 0 Å². The Balaban J connectivity index is 1.32. The number of aliphatic imine (C=N–C) groups is 1. The van der Waals surface area contributed by atoms with E-state index in [0.29, 0.717) is 30.9 Å². The van der Waals surface area contributed by atoms with E-state index in [9.17, 15) is 22.4 Å². The molecule has 2 aliphatic heterocycles. The molecule has 37 heavy (non-hydrogen) atoms. The van der Waals surface area contributed by atoms with E-state index in [4.69, 9.17) is 4.99 Å². The highest BCUT2D eigenvalue weighted by Crippen LogP contribution is 2.36. The number of sulfonamides is 1. The van der Waals surface area contributed by atoms with Crippen molar-refractivity contribution in [1.82, 2.24) is 9.62 Å². The molecule has 3 aliphatic rings. The summed E-state index contributed by atoms with van der Waals surface area (Å²) in [5.41, 5.74) is 1.67. The lowest BCUT2D eigenvalue weighted by atomic mass is 9.81. The van der Waals surface area contributed by atoms with Gasteiger partial charge in [0.05, 0.1) is 5.75 Å². The number of nitrogens with zero attached hydrogens (tertiary/aromatic N) is 2. The standard InChI is InChI=1S/C27H37FN4O4S/c1-19-18-24(29-20(2)33)10-9-22(19)11-17-37(35,36)32-15-12-27(13-16-32)26(34)30-25(31-27)23-7-5-21(6-8-23)4-3-14-28/h3-4,9-10,18,21,23H,5-8,11-17H2,1-2H3,(H,29,33)(H,30,31,34)/b4-3+. The van der Waals surface area contributed by atoms with Crippen molar-refractivity contribution in [3.05, 3.63) is 41.5 Å². The summed E-state index contributed by atoms with van der Waals surface area (Å²) in [7, 11) is -3.49. The third-order valence-corrected chi connectivity index (χ3v) is 9.76. The molecule has 1 saturated carbocycles. The number of amides is 2. The monoisotopic (exact) mass is 532 g/mol. The van der Waals surface area contributed by atoms with Crippen LogP contribution >= 0.6 is 0 Å². The minimum Gasteiger partial charge on any atom is -0.326 e. The Morgan fingerprint density at radius 2 is 1.95 bits per heavy atom. The number of hydrogen-bond donors (Lipinski definition) is 2. The van der Waals surface area contributed by atoms with Crippen LogP contribution in [0.4, 0.5) is 10.1 Å². The molecule has 0 bridgehead atoms. The van der Waals surface area contributed by atoms with E-state index in [2.05, 4.69) is 10.6 Å². The molecular weight excluding hydrogens is 495 g/mol. The van der Waals surface area contributed by atoms with Crippen molar-refractivity contribution in [2.45, 2.75) is 64.3 Å². The molecule has 1 spiro atoms. The number of carbonyl (C=O) groups is 2. The minimum atomic E-state index is -3.49. The van der Waals surface area contributed by atoms with Gasteiger partial charge in [0.2, 0.25) is 15.9 Å². The van der Waals surface area contributed by atoms with Gasteiger partial charge in [0.15, 0.2) is 0 Å². The molecule has 2 fully saturated rings. The van der Waals surface area contributed by atoms with E-state index >= 15 is 0 Å². The molecule has 10 heteroatoms. The Bertz CT molecular complexity index is 1180. The number of aryl methyl sites for hydroxylation is 2. The zero-order valence-corrected chi connectivity index (χ0v) is 22.4. The van der Waals surface area contributed by atoms with Crippen molar-refractivity contribution in [1.29, 1.82) is 0 Å². The van der Waals surface area contributed by atoms with Crippen LogP contribution in [0.15, 0.2) is 35.3 Å². The van der Waals surface area contributed by atoms with Crippen molar-refractivity contribution in [2.75, 3.05) is 30.8 Å². The molecular formula is C27H37FN4O4S. The fourth-order valence-electron chi connectivity index (χ4n) is 5.66. The van der Waals surface area contributed by atoms with Crippen molar-refractivity contribution < 1.29 is 22.4 Å². The number of halogens is 1. The predicted octanol–water partition coefficient (Wildman–Crippen LogP) is 3.52. The van der Waals surface area contributed by atoms with Gasteiger partial charge < -0.3 is 10.6 Å². The summed E-state index contributed by atoms with van der Waals surface area (Å²) in [6.45, 7) is 3.45. The Labute approximate surface area is 218 Å². The van der Waals surface area contributed by atoms with Crippen molar-refractivity contribution >= 4 is 33.4 Å². The second-order valence-electron chi connectivity index (χ2n) is 10.5. The highest BCUT2D eigenvalue weighted by molar-refractivity contribution is 7.89. The van der Waals surface area contributed by atoms with Gasteiger partial charge in [-0.3, -0.25) is 14.6 Å². The molecule has 0 unspecified atom stereocenters. The van der Waals surface area contributed by atoms with Gasteiger partial charge in [0, 0.05) is 31.6 Å². The maximum Gasteiger partial charge on any atom is 0.253 e. The van der Waals surface area contributed by atoms with E-state index < -0.39 is 22.2 Å². The van der Waals surface area contributed by atoms with Gasteiger partial charge in [0.25, 0.3) is 5.91 Å². The number of allylic oxidation sites excluding steroid dienone is 2. The average molecular weight is 533 g/mol. The van der Waals surface area contributed by atoms with Gasteiger partial charge in [-0.15, -0.1) is 0 Å². The van der Waals surface area contributed by atoms with Crippen LogP contribution in [-0.4, -0.2) is 61.4 Å². The van der Waals surface area contributed by atoms with Crippen LogP contribution in [0, 0.1) is 18.8 Å². The molecule has 0 aromatic heterocycles. The number of benzene rings is 1. The smallest absolute Gasteiger partial charge is 0.253 e. The van der Waals surface area contributed by atoms with E-state index in [1.165, 1.54) is 11.2 Å². The maximum atomic E-state index is 13.1. The van der Waals surface area contributed by atoms with Crippen LogP contribution in [0.5, 0.6) is 0 Å². The van der Waals surface area contributed by atoms with Gasteiger partial charge in [-0.2, -0.15) is 0 Å². The third-order valence-electron chi connectivity index (χ3n) is 7.89. The van der Waals surface area contributed by atoms with Crippen molar-refractivity contribution in [3.63, 3.8) is 0 Å². The van der Waals surface area contributed by atoms with E-state index in [1.54, 1.807) is 12.1 Å². The number of nitrogens with one attached hydrogen (secondary N) is 2. The van der Waals surface area contributed by atoms with Crippen LogP contribution in [-0.2, 0) is 26.0 Å². The van der Waals surface area contributed by atoms with Crippen LogP contribution < -0.4 is 10.6 Å². The van der Waals surface area contributed by atoms with Gasteiger partial charge in [-0.25, -0.2) is 17.1 Å². The molecule has 2 heterocycles. The number of hydrogen-bond acceptors (Lipinski definition) is 5. The van der Waals surface area contributed by atoms with E-state index in [-0.39, 0.29) is 36.6 Å². The third kappa shape index (κ3) is 6.46. The second-order valence-corrected chi connectivity index (χ2v) is 12.6. The summed E-state index contributed by atoms with van der Waals surface area (Å²) in [5.74, 6) is 1.04. The molecule has 2 amide bonds. The topological polar surface area (TPSA) is 108 Å². The van der Waals surface area contributed by atoms with Crippen molar-refractivity contribution in [3.8, 4) is 0 Å². The van der Waals surface area contributed by atoms with Gasteiger partial charge in [-0.1, -0.05) is 18.2 Å². The molecule has 202 valence electrons. The highest BCUT2D eigenvalue weighted by Gasteiger charge is 2.48. The lowest BCUT2D eigenvalue weighted by Crippen LogP contribution is -2.51. The molecule has 0 atom stereocenters. The molecule has 8 nitrogen and oxygen atoms in total. The zero-order valence-electron chi connectivity index (χ0n) is 21.6. The summed E-state index contributed by atoms with van der Waals surface area (Å²) in [5, 5.41) is 5.74. The van der Waals surface area contributed by atoms with E-state index in [0.717, 1.165) is 42.6 Å². The minimum absolute atomic E-state index is 0.0128. The van der Waals surface area contributed by atoms with Crippen LogP contribution in [0.1, 0.15) is 56.6 Å². The maximum absolute atomic E-state index is 13.1. The molecule has 0 radical (unpaired) electrons. The second kappa shape index (κ2) is 11.4. The first kappa shape index (κ1) is 27.4. The Morgan fingerprint density at radius 1 is 1.24 bits per heavy atom.